The molecule has 90 valence electrons. The summed E-state index contributed by atoms with van der Waals surface area (Å²) in [5.41, 5.74) is 0. The van der Waals surface area contributed by atoms with Gasteiger partial charge in [0.25, 0.3) is 0 Å². The Hall–Kier alpha value is -0.380. The second-order valence-electron chi connectivity index (χ2n) is 4.34. The Morgan fingerprint density at radius 2 is 2.07 bits per heavy atom. The lowest BCUT2D eigenvalue weighted by Crippen LogP contribution is -2.46. The highest BCUT2D eigenvalue weighted by Gasteiger charge is 2.16. The van der Waals surface area contributed by atoms with E-state index in [0.29, 0.717) is 6.04 Å². The molecule has 0 saturated heterocycles. The summed E-state index contributed by atoms with van der Waals surface area (Å²) < 4.78 is 0.243. The molecule has 0 bridgehead atoms. The van der Waals surface area contributed by atoms with Gasteiger partial charge in [-0.1, -0.05) is 6.92 Å². The number of aliphatic imine (C=N–C) groups is 1. The molecule has 2 N–H and O–H groups in total. The third-order valence-electron chi connectivity index (χ3n) is 2.45. The summed E-state index contributed by atoms with van der Waals surface area (Å²) in [6, 6.07) is 0.466. The smallest absolute Gasteiger partial charge is 0.191 e. The van der Waals surface area contributed by atoms with Crippen LogP contribution >= 0.6 is 11.8 Å². The quantitative estimate of drug-likeness (QED) is 0.562. The average molecular weight is 231 g/mol. The van der Waals surface area contributed by atoms with Crippen LogP contribution in [-0.2, 0) is 0 Å². The van der Waals surface area contributed by atoms with Crippen LogP contribution in [0, 0.1) is 0 Å². The minimum Gasteiger partial charge on any atom is -0.355 e. The zero-order chi connectivity index (χ0) is 11.9. The standard InChI is InChI=1S/C11H25N3S/c1-7-9(2)14-10(12-5)13-8-11(3,4)15-6/h9H,7-8H2,1-6H3,(H2,12,13,14). The highest BCUT2D eigenvalue weighted by Crippen LogP contribution is 2.19. The summed E-state index contributed by atoms with van der Waals surface area (Å²) in [5, 5.41) is 6.69. The number of thioether (sulfide) groups is 1. The molecule has 0 spiro atoms. The van der Waals surface area contributed by atoms with Gasteiger partial charge in [0.15, 0.2) is 5.96 Å². The first-order valence-electron chi connectivity index (χ1n) is 5.47. The van der Waals surface area contributed by atoms with Gasteiger partial charge in [0, 0.05) is 24.4 Å². The molecular formula is C11H25N3S. The van der Waals surface area contributed by atoms with Gasteiger partial charge in [0.1, 0.15) is 0 Å². The van der Waals surface area contributed by atoms with E-state index in [9.17, 15) is 0 Å². The zero-order valence-corrected chi connectivity index (χ0v) is 11.7. The van der Waals surface area contributed by atoms with Crippen LogP contribution in [0.25, 0.3) is 0 Å². The molecule has 15 heavy (non-hydrogen) atoms. The van der Waals surface area contributed by atoms with Crippen LogP contribution in [0.2, 0.25) is 0 Å². The SMILES string of the molecule is CCC(C)NC(=NC)NCC(C)(C)SC. The number of rotatable bonds is 5. The molecule has 0 fully saturated rings. The molecule has 0 heterocycles. The lowest BCUT2D eigenvalue weighted by atomic mass is 10.2. The number of nitrogens with one attached hydrogen (secondary N) is 2. The molecule has 0 saturated carbocycles. The van der Waals surface area contributed by atoms with Gasteiger partial charge in [0.05, 0.1) is 0 Å². The summed E-state index contributed by atoms with van der Waals surface area (Å²) in [7, 11) is 1.81. The lowest BCUT2D eigenvalue weighted by molar-refractivity contribution is 0.607. The molecule has 1 atom stereocenters. The van der Waals surface area contributed by atoms with Gasteiger partial charge in [-0.05, 0) is 33.4 Å². The van der Waals surface area contributed by atoms with Gasteiger partial charge in [-0.15, -0.1) is 0 Å². The van der Waals surface area contributed by atoms with Crippen molar-refractivity contribution >= 4 is 17.7 Å². The van der Waals surface area contributed by atoms with Gasteiger partial charge in [-0.25, -0.2) is 0 Å². The summed E-state index contributed by atoms with van der Waals surface area (Å²) >= 11 is 1.86. The zero-order valence-electron chi connectivity index (χ0n) is 10.8. The van der Waals surface area contributed by atoms with Crippen molar-refractivity contribution < 1.29 is 0 Å². The van der Waals surface area contributed by atoms with E-state index < -0.39 is 0 Å². The Bertz CT molecular complexity index is 202. The van der Waals surface area contributed by atoms with E-state index in [2.05, 4.69) is 49.6 Å². The van der Waals surface area contributed by atoms with Crippen LogP contribution in [0.4, 0.5) is 0 Å². The maximum atomic E-state index is 4.20. The summed E-state index contributed by atoms with van der Waals surface area (Å²) in [4.78, 5) is 4.20. The predicted octanol–water partition coefficient (Wildman–Crippen LogP) is 2.09. The van der Waals surface area contributed by atoms with Crippen LogP contribution in [0.1, 0.15) is 34.1 Å². The summed E-state index contributed by atoms with van der Waals surface area (Å²) in [6.07, 6.45) is 3.24. The number of hydrogen-bond acceptors (Lipinski definition) is 2. The Morgan fingerprint density at radius 3 is 2.47 bits per heavy atom. The van der Waals surface area contributed by atoms with Crippen molar-refractivity contribution in [3.05, 3.63) is 0 Å². The van der Waals surface area contributed by atoms with Crippen molar-refractivity contribution in [2.45, 2.75) is 44.9 Å². The van der Waals surface area contributed by atoms with Gasteiger partial charge < -0.3 is 10.6 Å². The molecule has 1 unspecified atom stereocenters. The monoisotopic (exact) mass is 231 g/mol. The van der Waals surface area contributed by atoms with Crippen LogP contribution in [0.3, 0.4) is 0 Å². The number of guanidine groups is 1. The van der Waals surface area contributed by atoms with Gasteiger partial charge in [-0.2, -0.15) is 11.8 Å². The fourth-order valence-electron chi connectivity index (χ4n) is 0.899. The molecule has 0 aromatic carbocycles. The molecule has 0 amide bonds. The highest BCUT2D eigenvalue weighted by molar-refractivity contribution is 7.99. The molecule has 0 rings (SSSR count). The van der Waals surface area contributed by atoms with E-state index in [-0.39, 0.29) is 4.75 Å². The lowest BCUT2D eigenvalue weighted by Gasteiger charge is -2.24. The van der Waals surface area contributed by atoms with Gasteiger partial charge >= 0.3 is 0 Å². The fourth-order valence-corrected chi connectivity index (χ4v) is 1.12. The Labute approximate surface area is 98.5 Å². The molecule has 3 nitrogen and oxygen atoms in total. The second-order valence-corrected chi connectivity index (χ2v) is 5.86. The van der Waals surface area contributed by atoms with Crippen molar-refractivity contribution in [3.63, 3.8) is 0 Å². The minimum absolute atomic E-state index is 0.243. The Kier molecular flexibility index (Phi) is 6.81. The van der Waals surface area contributed by atoms with E-state index in [0.717, 1.165) is 18.9 Å². The molecule has 0 radical (unpaired) electrons. The average Bonchev–Trinajstić information content (AvgIpc) is 2.23. The maximum absolute atomic E-state index is 4.20. The first-order valence-corrected chi connectivity index (χ1v) is 6.70. The van der Waals surface area contributed by atoms with Crippen LogP contribution < -0.4 is 10.6 Å². The van der Waals surface area contributed by atoms with Gasteiger partial charge in [0.2, 0.25) is 0 Å². The van der Waals surface area contributed by atoms with E-state index in [4.69, 9.17) is 0 Å². The van der Waals surface area contributed by atoms with E-state index in [1.54, 1.807) is 0 Å². The first-order chi connectivity index (χ1) is 6.95. The summed E-state index contributed by atoms with van der Waals surface area (Å²) in [5.74, 6) is 0.895. The third kappa shape index (κ3) is 6.66. The van der Waals surface area contributed by atoms with Crippen molar-refractivity contribution in [1.29, 1.82) is 0 Å². The van der Waals surface area contributed by atoms with Crippen molar-refractivity contribution in [1.82, 2.24) is 10.6 Å². The molecule has 0 aliphatic carbocycles. The minimum atomic E-state index is 0.243. The predicted molar refractivity (Wildman–Crippen MR) is 71.8 cm³/mol. The van der Waals surface area contributed by atoms with Crippen LogP contribution in [-0.4, -0.2) is 36.6 Å². The van der Waals surface area contributed by atoms with Gasteiger partial charge in [-0.3, -0.25) is 4.99 Å². The molecule has 0 aliphatic heterocycles. The largest absolute Gasteiger partial charge is 0.355 e. The maximum Gasteiger partial charge on any atom is 0.191 e. The van der Waals surface area contributed by atoms with Crippen LogP contribution in [0.5, 0.6) is 0 Å². The van der Waals surface area contributed by atoms with E-state index >= 15 is 0 Å². The topological polar surface area (TPSA) is 36.4 Å². The second kappa shape index (κ2) is 6.99. The van der Waals surface area contributed by atoms with Crippen molar-refractivity contribution in [2.75, 3.05) is 19.8 Å². The normalized spacial score (nSPS) is 14.9. The first kappa shape index (κ1) is 14.6. The third-order valence-corrected chi connectivity index (χ3v) is 3.70. The van der Waals surface area contributed by atoms with Crippen LogP contribution in [0.15, 0.2) is 4.99 Å². The number of hydrogen-bond donors (Lipinski definition) is 2. The number of nitrogens with zero attached hydrogens (tertiary/aromatic N) is 1. The molecule has 4 heteroatoms. The van der Waals surface area contributed by atoms with Crippen molar-refractivity contribution in [3.8, 4) is 0 Å². The Morgan fingerprint density at radius 1 is 1.47 bits per heavy atom. The summed E-state index contributed by atoms with van der Waals surface area (Å²) in [6.45, 7) is 9.69. The van der Waals surface area contributed by atoms with E-state index in [1.807, 2.05) is 18.8 Å². The molecular weight excluding hydrogens is 206 g/mol. The van der Waals surface area contributed by atoms with E-state index in [1.165, 1.54) is 0 Å². The van der Waals surface area contributed by atoms with Crippen molar-refractivity contribution in [2.24, 2.45) is 4.99 Å². The Balaban J connectivity index is 4.02. The molecule has 0 aromatic rings. The molecule has 0 aromatic heterocycles. The highest BCUT2D eigenvalue weighted by atomic mass is 32.2. The molecule has 0 aliphatic rings. The fraction of sp³-hybridized carbons (Fsp3) is 0.909.